The lowest BCUT2D eigenvalue weighted by atomic mass is 10.1. The standard InChI is InChI=1S/C14H18ClN5O2/c1-8(2)14-18-17-12(19(14)4)7-16-13-9(3)5-10(20(21)22)6-11(13)15/h5-6,8,16H,7H2,1-4H3. The predicted octanol–water partition coefficient (Wildman–Crippen LogP) is 3.42. The Balaban J connectivity index is 2.20. The molecule has 7 nitrogen and oxygen atoms in total. The van der Waals surface area contributed by atoms with Gasteiger partial charge in [0.05, 0.1) is 22.2 Å². The molecule has 0 radical (unpaired) electrons. The Kier molecular flexibility index (Phi) is 4.65. The van der Waals surface area contributed by atoms with Gasteiger partial charge < -0.3 is 9.88 Å². The van der Waals surface area contributed by atoms with E-state index < -0.39 is 4.92 Å². The van der Waals surface area contributed by atoms with E-state index in [0.717, 1.165) is 11.6 Å². The Hall–Kier alpha value is -2.15. The van der Waals surface area contributed by atoms with Crippen molar-refractivity contribution in [1.29, 1.82) is 0 Å². The normalized spacial score (nSPS) is 11.0. The van der Waals surface area contributed by atoms with E-state index >= 15 is 0 Å². The number of hydrogen-bond acceptors (Lipinski definition) is 5. The molecule has 1 N–H and O–H groups in total. The van der Waals surface area contributed by atoms with Gasteiger partial charge >= 0.3 is 0 Å². The number of halogens is 1. The zero-order valence-corrected chi connectivity index (χ0v) is 13.7. The third kappa shape index (κ3) is 3.19. The number of hydrogen-bond donors (Lipinski definition) is 1. The minimum absolute atomic E-state index is 0.0196. The van der Waals surface area contributed by atoms with Crippen LogP contribution in [0.1, 0.15) is 37.0 Å². The molecule has 0 unspecified atom stereocenters. The van der Waals surface area contributed by atoms with Gasteiger partial charge in [-0.05, 0) is 12.5 Å². The molecule has 2 rings (SSSR count). The number of nitro groups is 1. The Bertz CT molecular complexity index is 688. The topological polar surface area (TPSA) is 85.9 Å². The fraction of sp³-hybridized carbons (Fsp3) is 0.429. The summed E-state index contributed by atoms with van der Waals surface area (Å²) in [5.41, 5.74) is 1.36. The first-order chi connectivity index (χ1) is 10.3. The molecule has 1 aromatic carbocycles. The summed E-state index contributed by atoms with van der Waals surface area (Å²) in [7, 11) is 1.91. The molecule has 0 amide bonds. The third-order valence-corrected chi connectivity index (χ3v) is 3.72. The average molecular weight is 324 g/mol. The molecular weight excluding hydrogens is 306 g/mol. The number of nitro benzene ring substituents is 1. The molecule has 0 aliphatic heterocycles. The third-order valence-electron chi connectivity index (χ3n) is 3.42. The summed E-state index contributed by atoms with van der Waals surface area (Å²) in [6, 6.07) is 2.83. The van der Waals surface area contributed by atoms with Crippen molar-refractivity contribution in [3.05, 3.63) is 44.5 Å². The van der Waals surface area contributed by atoms with Gasteiger partial charge in [0.2, 0.25) is 0 Å². The van der Waals surface area contributed by atoms with Crippen LogP contribution >= 0.6 is 11.6 Å². The van der Waals surface area contributed by atoms with Crippen molar-refractivity contribution in [3.8, 4) is 0 Å². The van der Waals surface area contributed by atoms with Crippen molar-refractivity contribution >= 4 is 23.0 Å². The van der Waals surface area contributed by atoms with Crippen LogP contribution in [0.2, 0.25) is 5.02 Å². The van der Waals surface area contributed by atoms with Gasteiger partial charge in [-0.2, -0.15) is 0 Å². The summed E-state index contributed by atoms with van der Waals surface area (Å²) < 4.78 is 1.94. The molecular formula is C14H18ClN5O2. The first-order valence-corrected chi connectivity index (χ1v) is 7.25. The average Bonchev–Trinajstić information content (AvgIpc) is 2.79. The summed E-state index contributed by atoms with van der Waals surface area (Å²) >= 11 is 6.13. The molecule has 0 fully saturated rings. The van der Waals surface area contributed by atoms with Gasteiger partial charge in [0.1, 0.15) is 5.82 Å². The first-order valence-electron chi connectivity index (χ1n) is 6.87. The highest BCUT2D eigenvalue weighted by molar-refractivity contribution is 6.33. The van der Waals surface area contributed by atoms with Crippen molar-refractivity contribution in [2.24, 2.45) is 7.05 Å². The molecule has 0 saturated carbocycles. The molecule has 1 aromatic heterocycles. The Morgan fingerprint density at radius 3 is 2.59 bits per heavy atom. The van der Waals surface area contributed by atoms with Crippen molar-refractivity contribution in [2.75, 3.05) is 5.32 Å². The molecule has 0 atom stereocenters. The van der Waals surface area contributed by atoms with E-state index in [9.17, 15) is 10.1 Å². The fourth-order valence-corrected chi connectivity index (χ4v) is 2.58. The van der Waals surface area contributed by atoms with Crippen LogP contribution in [-0.2, 0) is 13.6 Å². The molecule has 0 saturated heterocycles. The van der Waals surface area contributed by atoms with E-state index in [1.165, 1.54) is 12.1 Å². The zero-order chi connectivity index (χ0) is 16.4. The smallest absolute Gasteiger partial charge is 0.271 e. The van der Waals surface area contributed by atoms with Crippen LogP contribution in [0.5, 0.6) is 0 Å². The maximum absolute atomic E-state index is 10.8. The minimum atomic E-state index is -0.458. The lowest BCUT2D eigenvalue weighted by molar-refractivity contribution is -0.384. The highest BCUT2D eigenvalue weighted by Gasteiger charge is 2.15. The second-order valence-corrected chi connectivity index (χ2v) is 5.83. The minimum Gasteiger partial charge on any atom is -0.376 e. The van der Waals surface area contributed by atoms with E-state index in [-0.39, 0.29) is 11.6 Å². The Morgan fingerprint density at radius 1 is 1.41 bits per heavy atom. The van der Waals surface area contributed by atoms with Gasteiger partial charge in [-0.3, -0.25) is 10.1 Å². The summed E-state index contributed by atoms with van der Waals surface area (Å²) in [4.78, 5) is 10.4. The largest absolute Gasteiger partial charge is 0.376 e. The highest BCUT2D eigenvalue weighted by atomic mass is 35.5. The lowest BCUT2D eigenvalue weighted by Crippen LogP contribution is -2.09. The number of nitrogens with one attached hydrogen (secondary N) is 1. The van der Waals surface area contributed by atoms with Gasteiger partial charge in [0.15, 0.2) is 5.82 Å². The van der Waals surface area contributed by atoms with Crippen molar-refractivity contribution < 1.29 is 4.92 Å². The van der Waals surface area contributed by atoms with Gasteiger partial charge in [-0.25, -0.2) is 0 Å². The molecule has 0 spiro atoms. The number of non-ortho nitro benzene ring substituents is 1. The summed E-state index contributed by atoms with van der Waals surface area (Å²) in [5.74, 6) is 1.97. The van der Waals surface area contributed by atoms with Crippen LogP contribution in [0.4, 0.5) is 11.4 Å². The highest BCUT2D eigenvalue weighted by Crippen LogP contribution is 2.31. The molecule has 8 heteroatoms. The molecule has 0 bridgehead atoms. The Labute approximate surface area is 133 Å². The van der Waals surface area contributed by atoms with Crippen LogP contribution in [0.25, 0.3) is 0 Å². The molecule has 0 aliphatic carbocycles. The van der Waals surface area contributed by atoms with Crippen LogP contribution in [0.15, 0.2) is 12.1 Å². The maximum Gasteiger partial charge on any atom is 0.271 e. The molecule has 2 aromatic rings. The summed E-state index contributed by atoms with van der Waals surface area (Å²) in [6.45, 7) is 6.32. The number of nitrogens with zero attached hydrogens (tertiary/aromatic N) is 4. The van der Waals surface area contributed by atoms with E-state index in [2.05, 4.69) is 29.4 Å². The van der Waals surface area contributed by atoms with Crippen molar-refractivity contribution in [2.45, 2.75) is 33.2 Å². The van der Waals surface area contributed by atoms with E-state index in [1.54, 1.807) is 6.92 Å². The van der Waals surface area contributed by atoms with E-state index in [0.29, 0.717) is 22.8 Å². The van der Waals surface area contributed by atoms with Crippen molar-refractivity contribution in [3.63, 3.8) is 0 Å². The number of anilines is 1. The maximum atomic E-state index is 10.8. The van der Waals surface area contributed by atoms with E-state index in [1.807, 2.05) is 11.6 Å². The second kappa shape index (κ2) is 6.31. The van der Waals surface area contributed by atoms with Crippen LogP contribution in [-0.4, -0.2) is 19.7 Å². The Morgan fingerprint density at radius 2 is 2.09 bits per heavy atom. The first kappa shape index (κ1) is 16.2. The van der Waals surface area contributed by atoms with E-state index in [4.69, 9.17) is 11.6 Å². The number of rotatable bonds is 5. The quantitative estimate of drug-likeness (QED) is 0.673. The van der Waals surface area contributed by atoms with Gasteiger partial charge in [-0.1, -0.05) is 25.4 Å². The molecule has 22 heavy (non-hydrogen) atoms. The zero-order valence-electron chi connectivity index (χ0n) is 12.9. The van der Waals surface area contributed by atoms with Crippen LogP contribution < -0.4 is 5.32 Å². The van der Waals surface area contributed by atoms with Gasteiger partial charge in [-0.15, -0.1) is 10.2 Å². The summed E-state index contributed by atoms with van der Waals surface area (Å²) in [5, 5.41) is 22.6. The lowest BCUT2D eigenvalue weighted by Gasteiger charge is -2.12. The van der Waals surface area contributed by atoms with Crippen LogP contribution in [0.3, 0.4) is 0 Å². The monoisotopic (exact) mass is 323 g/mol. The number of aromatic nitrogens is 3. The molecule has 118 valence electrons. The fourth-order valence-electron chi connectivity index (χ4n) is 2.25. The second-order valence-electron chi connectivity index (χ2n) is 5.42. The summed E-state index contributed by atoms with van der Waals surface area (Å²) in [6.07, 6.45) is 0. The van der Waals surface area contributed by atoms with Crippen LogP contribution in [0, 0.1) is 17.0 Å². The SMILES string of the molecule is Cc1cc([N+](=O)[O-])cc(Cl)c1NCc1nnc(C(C)C)n1C. The number of aryl methyl sites for hydroxylation is 1. The number of benzene rings is 1. The van der Waals surface area contributed by atoms with Gasteiger partial charge in [0, 0.05) is 25.1 Å². The van der Waals surface area contributed by atoms with Crippen molar-refractivity contribution in [1.82, 2.24) is 14.8 Å². The van der Waals surface area contributed by atoms with Gasteiger partial charge in [0.25, 0.3) is 5.69 Å². The molecule has 1 heterocycles. The predicted molar refractivity (Wildman–Crippen MR) is 85.3 cm³/mol. The molecule has 0 aliphatic rings.